The fourth-order valence-corrected chi connectivity index (χ4v) is 4.06. The lowest BCUT2D eigenvalue weighted by Gasteiger charge is -2.36. The Morgan fingerprint density at radius 2 is 1.66 bits per heavy atom. The lowest BCUT2D eigenvalue weighted by Crippen LogP contribution is -2.49. The average molecular weight is 432 g/mol. The number of piperidine rings is 1. The van der Waals surface area contributed by atoms with Crippen LogP contribution in [0, 0.1) is 0 Å². The number of amides is 4. The number of nitrogens with zero attached hydrogens (tertiary/aromatic N) is 1. The van der Waals surface area contributed by atoms with Gasteiger partial charge in [0, 0.05) is 51.1 Å². The summed E-state index contributed by atoms with van der Waals surface area (Å²) in [6, 6.07) is 0.224. The van der Waals surface area contributed by atoms with E-state index in [1.165, 1.54) is 19.3 Å². The van der Waals surface area contributed by atoms with Gasteiger partial charge in [0.1, 0.15) is 0 Å². The number of rotatable bonds is 9. The van der Waals surface area contributed by atoms with Crippen molar-refractivity contribution < 1.29 is 14.4 Å². The molecule has 2 fully saturated rings. The summed E-state index contributed by atoms with van der Waals surface area (Å²) in [6.45, 7) is 2.06. The Balaban J connectivity index is 0.00000420. The summed E-state index contributed by atoms with van der Waals surface area (Å²) in [7, 11) is 0. The van der Waals surface area contributed by atoms with Crippen LogP contribution in [0.3, 0.4) is 0 Å². The van der Waals surface area contributed by atoms with E-state index in [-0.39, 0.29) is 36.3 Å². The molecule has 1 saturated heterocycles. The maximum absolute atomic E-state index is 12.6. The van der Waals surface area contributed by atoms with Gasteiger partial charge in [0.2, 0.25) is 11.8 Å². The zero-order valence-corrected chi connectivity index (χ0v) is 18.2. The van der Waals surface area contributed by atoms with Crippen molar-refractivity contribution in [1.29, 1.82) is 0 Å². The molecule has 2 rings (SSSR count). The van der Waals surface area contributed by atoms with E-state index in [2.05, 4.69) is 16.0 Å². The fraction of sp³-hybridized carbons (Fsp3) is 0.850. The summed E-state index contributed by atoms with van der Waals surface area (Å²) in [4.78, 5) is 38.1. The average Bonchev–Trinajstić information content (AvgIpc) is 2.71. The minimum atomic E-state index is -0.127. The number of halogens is 1. The molecule has 4 amide bonds. The maximum Gasteiger partial charge on any atom is 0.315 e. The second kappa shape index (κ2) is 14.4. The molecule has 2 aliphatic rings. The highest BCUT2D eigenvalue weighted by Crippen LogP contribution is 2.18. The van der Waals surface area contributed by atoms with Gasteiger partial charge in [0.05, 0.1) is 0 Å². The van der Waals surface area contributed by atoms with Crippen LogP contribution in [0.4, 0.5) is 4.79 Å². The number of hydrogen-bond acceptors (Lipinski definition) is 4. The molecular formula is C20H38ClN5O3. The van der Waals surface area contributed by atoms with Crippen LogP contribution in [0.1, 0.15) is 70.6 Å². The van der Waals surface area contributed by atoms with Crippen LogP contribution in [-0.2, 0) is 9.59 Å². The van der Waals surface area contributed by atoms with E-state index >= 15 is 0 Å². The van der Waals surface area contributed by atoms with Crippen molar-refractivity contribution in [1.82, 2.24) is 20.9 Å². The first-order valence-electron chi connectivity index (χ1n) is 10.9. The molecule has 8 nitrogen and oxygen atoms in total. The molecule has 1 unspecified atom stereocenters. The van der Waals surface area contributed by atoms with Gasteiger partial charge < -0.3 is 26.6 Å². The Hall–Kier alpha value is -1.54. The quantitative estimate of drug-likeness (QED) is 0.415. The van der Waals surface area contributed by atoms with Crippen molar-refractivity contribution in [3.8, 4) is 0 Å². The molecule has 1 aliphatic carbocycles. The lowest BCUT2D eigenvalue weighted by atomic mass is 9.96. The normalized spacial score (nSPS) is 19.8. The molecule has 0 aromatic heterocycles. The lowest BCUT2D eigenvalue weighted by molar-refractivity contribution is -0.135. The molecule has 1 saturated carbocycles. The van der Waals surface area contributed by atoms with Crippen LogP contribution in [0.5, 0.6) is 0 Å². The van der Waals surface area contributed by atoms with Crippen molar-refractivity contribution in [2.24, 2.45) is 5.73 Å². The van der Waals surface area contributed by atoms with Crippen molar-refractivity contribution in [2.45, 2.75) is 82.7 Å². The number of hydrogen-bond donors (Lipinski definition) is 4. The number of nitrogens with two attached hydrogens (primary N) is 1. The Labute approximate surface area is 180 Å². The van der Waals surface area contributed by atoms with Crippen LogP contribution < -0.4 is 21.7 Å². The minimum absolute atomic E-state index is 0. The van der Waals surface area contributed by atoms with Gasteiger partial charge >= 0.3 is 6.03 Å². The highest BCUT2D eigenvalue weighted by atomic mass is 35.5. The van der Waals surface area contributed by atoms with Crippen LogP contribution in [0.15, 0.2) is 0 Å². The molecule has 0 spiro atoms. The predicted molar refractivity (Wildman–Crippen MR) is 116 cm³/mol. The monoisotopic (exact) mass is 431 g/mol. The largest absolute Gasteiger partial charge is 0.354 e. The first-order chi connectivity index (χ1) is 13.6. The van der Waals surface area contributed by atoms with Crippen molar-refractivity contribution >= 4 is 30.3 Å². The first-order valence-corrected chi connectivity index (χ1v) is 10.9. The smallest absolute Gasteiger partial charge is 0.315 e. The van der Waals surface area contributed by atoms with Crippen LogP contribution in [0.25, 0.3) is 0 Å². The van der Waals surface area contributed by atoms with Gasteiger partial charge in [-0.1, -0.05) is 19.3 Å². The van der Waals surface area contributed by atoms with Crippen LogP contribution in [0.2, 0.25) is 0 Å². The van der Waals surface area contributed by atoms with Gasteiger partial charge in [0.15, 0.2) is 0 Å². The number of likely N-dealkylation sites (tertiary alicyclic amines) is 1. The standard InChI is InChI=1S/C20H37N5O3.ClH/c21-12-11-18(26)23-15-17-9-4-5-14-25(17)19(27)10-6-13-22-20(28)24-16-7-2-1-3-8-16;/h16-17H,1-15,21H2,(H,23,26)(H2,22,24,28);1H. The van der Waals surface area contributed by atoms with E-state index in [4.69, 9.17) is 5.73 Å². The predicted octanol–water partition coefficient (Wildman–Crippen LogP) is 1.67. The van der Waals surface area contributed by atoms with E-state index in [0.29, 0.717) is 44.9 Å². The van der Waals surface area contributed by atoms with E-state index in [0.717, 1.165) is 38.6 Å². The SMILES string of the molecule is Cl.NCCC(=O)NCC1CCCCN1C(=O)CCCNC(=O)NC1CCCCC1. The van der Waals surface area contributed by atoms with E-state index in [9.17, 15) is 14.4 Å². The molecular weight excluding hydrogens is 394 g/mol. The summed E-state index contributed by atoms with van der Waals surface area (Å²) in [6.07, 6.45) is 10.1. The molecule has 0 bridgehead atoms. The molecule has 1 heterocycles. The van der Waals surface area contributed by atoms with Crippen molar-refractivity contribution in [3.05, 3.63) is 0 Å². The second-order valence-corrected chi connectivity index (χ2v) is 7.92. The Kier molecular flexibility index (Phi) is 12.7. The van der Waals surface area contributed by atoms with Gasteiger partial charge in [-0.3, -0.25) is 9.59 Å². The van der Waals surface area contributed by atoms with Crippen molar-refractivity contribution in [2.75, 3.05) is 26.2 Å². The molecule has 5 N–H and O–H groups in total. The van der Waals surface area contributed by atoms with Crippen LogP contribution in [-0.4, -0.2) is 61.0 Å². The maximum atomic E-state index is 12.6. The van der Waals surface area contributed by atoms with E-state index < -0.39 is 0 Å². The number of nitrogens with one attached hydrogen (secondary N) is 3. The van der Waals surface area contributed by atoms with Crippen LogP contribution >= 0.6 is 12.4 Å². The highest BCUT2D eigenvalue weighted by molar-refractivity contribution is 5.85. The Morgan fingerprint density at radius 3 is 2.38 bits per heavy atom. The molecule has 1 aliphatic heterocycles. The molecule has 168 valence electrons. The summed E-state index contributed by atoms with van der Waals surface area (Å²) >= 11 is 0. The van der Waals surface area contributed by atoms with Gasteiger partial charge in [-0.05, 0) is 38.5 Å². The van der Waals surface area contributed by atoms with E-state index in [1.807, 2.05) is 4.90 Å². The van der Waals surface area contributed by atoms with Gasteiger partial charge in [-0.2, -0.15) is 0 Å². The Morgan fingerprint density at radius 1 is 0.931 bits per heavy atom. The van der Waals surface area contributed by atoms with Crippen molar-refractivity contribution in [3.63, 3.8) is 0 Å². The summed E-state index contributed by atoms with van der Waals surface area (Å²) < 4.78 is 0. The topological polar surface area (TPSA) is 117 Å². The van der Waals surface area contributed by atoms with E-state index in [1.54, 1.807) is 0 Å². The molecule has 0 aromatic rings. The molecule has 1 atom stereocenters. The highest BCUT2D eigenvalue weighted by Gasteiger charge is 2.26. The van der Waals surface area contributed by atoms with Gasteiger partial charge in [-0.25, -0.2) is 4.79 Å². The summed E-state index contributed by atoms with van der Waals surface area (Å²) in [5.41, 5.74) is 5.40. The number of urea groups is 1. The zero-order chi connectivity index (χ0) is 20.2. The number of carbonyl (C=O) groups is 3. The third-order valence-corrected chi connectivity index (χ3v) is 5.65. The third-order valence-electron chi connectivity index (χ3n) is 5.65. The molecule has 0 radical (unpaired) electrons. The molecule has 29 heavy (non-hydrogen) atoms. The summed E-state index contributed by atoms with van der Waals surface area (Å²) in [5, 5.41) is 8.77. The number of carbonyl (C=O) groups excluding carboxylic acids is 3. The molecule has 9 heteroatoms. The first kappa shape index (κ1) is 25.5. The summed E-state index contributed by atoms with van der Waals surface area (Å²) in [5.74, 6) is 0.0425. The molecule has 0 aromatic carbocycles. The minimum Gasteiger partial charge on any atom is -0.354 e. The second-order valence-electron chi connectivity index (χ2n) is 7.92. The fourth-order valence-electron chi connectivity index (χ4n) is 4.06. The van der Waals surface area contributed by atoms with Gasteiger partial charge in [0.25, 0.3) is 0 Å². The Bertz CT molecular complexity index is 514. The zero-order valence-electron chi connectivity index (χ0n) is 17.4. The third kappa shape index (κ3) is 9.67. The van der Waals surface area contributed by atoms with Gasteiger partial charge in [-0.15, -0.1) is 12.4 Å².